The fraction of sp³-hybridized carbons (Fsp3) is 0.393. The van der Waals surface area contributed by atoms with E-state index in [1.54, 1.807) is 6.08 Å². The molecule has 0 saturated carbocycles. The molecule has 1 heterocycles. The van der Waals surface area contributed by atoms with Crippen LogP contribution in [0, 0.1) is 5.92 Å². The second kappa shape index (κ2) is 13.1. The van der Waals surface area contributed by atoms with Crippen LogP contribution in [0.4, 0.5) is 0 Å². The van der Waals surface area contributed by atoms with E-state index >= 15 is 0 Å². The van der Waals surface area contributed by atoms with Crippen molar-refractivity contribution in [3.63, 3.8) is 0 Å². The minimum Gasteiger partial charge on any atom is -0.439 e. The van der Waals surface area contributed by atoms with Crippen LogP contribution in [-0.4, -0.2) is 52.2 Å². The van der Waals surface area contributed by atoms with Crippen LogP contribution in [-0.2, 0) is 17.7 Å². The minimum atomic E-state index is -0.591. The van der Waals surface area contributed by atoms with E-state index in [0.717, 1.165) is 35.7 Å². The van der Waals surface area contributed by atoms with E-state index in [4.69, 9.17) is 14.6 Å². The smallest absolute Gasteiger partial charge is 0.227 e. The van der Waals surface area contributed by atoms with Gasteiger partial charge in [0, 0.05) is 19.6 Å². The Morgan fingerprint density at radius 1 is 1.06 bits per heavy atom. The van der Waals surface area contributed by atoms with Crippen molar-refractivity contribution >= 4 is 0 Å². The standard InChI is InChI=1S/C28H37N3O3/c1-5-17-33-21-24(32)19-30(18-22(3)4)20-26-27(6-2)29-31(23-13-9-7-10-14-23)28(26)34-25-15-11-8-12-16-25/h5,7-16,22,24,32H,1,6,17-21H2,2-4H3. The first-order valence-electron chi connectivity index (χ1n) is 12.0. The van der Waals surface area contributed by atoms with E-state index in [0.29, 0.717) is 31.5 Å². The minimum absolute atomic E-state index is 0.276. The van der Waals surface area contributed by atoms with Gasteiger partial charge in [0.25, 0.3) is 0 Å². The normalized spacial score (nSPS) is 12.3. The van der Waals surface area contributed by atoms with Crippen molar-refractivity contribution in [2.75, 3.05) is 26.3 Å². The first-order chi connectivity index (χ1) is 16.5. The molecular weight excluding hydrogens is 426 g/mol. The molecule has 1 N–H and O–H groups in total. The third kappa shape index (κ3) is 7.29. The Labute approximate surface area is 203 Å². The lowest BCUT2D eigenvalue weighted by molar-refractivity contribution is 0.0221. The second-order valence-corrected chi connectivity index (χ2v) is 8.81. The lowest BCUT2D eigenvalue weighted by Gasteiger charge is -2.27. The quantitative estimate of drug-likeness (QED) is 0.261. The van der Waals surface area contributed by atoms with Crippen LogP contribution in [0.1, 0.15) is 32.0 Å². The number of nitrogens with zero attached hydrogens (tertiary/aromatic N) is 3. The van der Waals surface area contributed by atoms with Crippen molar-refractivity contribution in [1.29, 1.82) is 0 Å². The highest BCUT2D eigenvalue weighted by Crippen LogP contribution is 2.32. The molecule has 0 saturated heterocycles. The summed E-state index contributed by atoms with van der Waals surface area (Å²) in [4.78, 5) is 2.26. The molecule has 0 bridgehead atoms. The van der Waals surface area contributed by atoms with Gasteiger partial charge in [-0.2, -0.15) is 5.10 Å². The molecule has 34 heavy (non-hydrogen) atoms. The molecule has 0 amide bonds. The van der Waals surface area contributed by atoms with Crippen LogP contribution in [0.2, 0.25) is 0 Å². The lowest BCUT2D eigenvalue weighted by atomic mass is 10.1. The Morgan fingerprint density at radius 3 is 2.35 bits per heavy atom. The van der Waals surface area contributed by atoms with Crippen LogP contribution >= 0.6 is 0 Å². The lowest BCUT2D eigenvalue weighted by Crippen LogP contribution is -2.37. The largest absolute Gasteiger partial charge is 0.439 e. The highest BCUT2D eigenvalue weighted by atomic mass is 16.5. The van der Waals surface area contributed by atoms with Gasteiger partial charge >= 0.3 is 0 Å². The fourth-order valence-corrected chi connectivity index (χ4v) is 3.95. The SMILES string of the molecule is C=CCOCC(O)CN(Cc1c(CC)nn(-c2ccccc2)c1Oc1ccccc1)CC(C)C. The molecule has 0 radical (unpaired) electrons. The Hall–Kier alpha value is -2.93. The zero-order valence-corrected chi connectivity index (χ0v) is 20.6. The van der Waals surface area contributed by atoms with Crippen LogP contribution in [0.3, 0.4) is 0 Å². The molecular formula is C28H37N3O3. The molecule has 0 aliphatic heterocycles. The van der Waals surface area contributed by atoms with Crippen molar-refractivity contribution < 1.29 is 14.6 Å². The average Bonchev–Trinajstić information content (AvgIpc) is 3.17. The molecule has 6 nitrogen and oxygen atoms in total. The van der Waals surface area contributed by atoms with Gasteiger partial charge in [-0.1, -0.05) is 63.2 Å². The first kappa shape index (κ1) is 25.7. The van der Waals surface area contributed by atoms with Gasteiger partial charge in [0.15, 0.2) is 0 Å². The van der Waals surface area contributed by atoms with Crippen LogP contribution in [0.25, 0.3) is 5.69 Å². The zero-order valence-electron chi connectivity index (χ0n) is 20.6. The number of aliphatic hydroxyl groups is 1. The van der Waals surface area contributed by atoms with Gasteiger partial charge in [0.2, 0.25) is 5.88 Å². The molecule has 3 rings (SSSR count). The molecule has 6 heteroatoms. The molecule has 1 unspecified atom stereocenters. The van der Waals surface area contributed by atoms with Gasteiger partial charge in [-0.3, -0.25) is 4.90 Å². The molecule has 0 aliphatic rings. The maximum atomic E-state index is 10.6. The molecule has 182 valence electrons. The van der Waals surface area contributed by atoms with Crippen LogP contribution < -0.4 is 4.74 Å². The summed E-state index contributed by atoms with van der Waals surface area (Å²) in [5, 5.41) is 15.5. The second-order valence-electron chi connectivity index (χ2n) is 8.81. The van der Waals surface area contributed by atoms with Gasteiger partial charge in [-0.05, 0) is 36.6 Å². The highest BCUT2D eigenvalue weighted by molar-refractivity contribution is 5.43. The first-order valence-corrected chi connectivity index (χ1v) is 12.0. The maximum Gasteiger partial charge on any atom is 0.227 e. The van der Waals surface area contributed by atoms with Gasteiger partial charge in [-0.15, -0.1) is 6.58 Å². The van der Waals surface area contributed by atoms with Crippen LogP contribution in [0.15, 0.2) is 73.3 Å². The predicted octanol–water partition coefficient (Wildman–Crippen LogP) is 5.25. The van der Waals surface area contributed by atoms with E-state index in [1.807, 2.05) is 65.3 Å². The van der Waals surface area contributed by atoms with E-state index < -0.39 is 6.10 Å². The topological polar surface area (TPSA) is 59.8 Å². The van der Waals surface area contributed by atoms with Crippen molar-refractivity contribution in [2.45, 2.75) is 39.8 Å². The predicted molar refractivity (Wildman–Crippen MR) is 137 cm³/mol. The summed E-state index contributed by atoms with van der Waals surface area (Å²) >= 11 is 0. The molecule has 1 aromatic heterocycles. The number of aromatic nitrogens is 2. The molecule has 1 atom stereocenters. The number of ether oxygens (including phenoxy) is 2. The molecule has 0 fully saturated rings. The third-order valence-corrected chi connectivity index (χ3v) is 5.33. The molecule has 2 aromatic carbocycles. The van der Waals surface area contributed by atoms with Crippen molar-refractivity contribution in [3.05, 3.63) is 84.6 Å². The van der Waals surface area contributed by atoms with Gasteiger partial charge in [-0.25, -0.2) is 4.68 Å². The molecule has 0 spiro atoms. The summed E-state index contributed by atoms with van der Waals surface area (Å²) < 4.78 is 13.8. The number of aryl methyl sites for hydroxylation is 1. The van der Waals surface area contributed by atoms with Crippen molar-refractivity contribution in [3.8, 4) is 17.3 Å². The number of aliphatic hydroxyl groups excluding tert-OH is 1. The van der Waals surface area contributed by atoms with E-state index in [2.05, 4.69) is 32.3 Å². The summed E-state index contributed by atoms with van der Waals surface area (Å²) in [7, 11) is 0. The Kier molecular flexibility index (Phi) is 9.89. The average molecular weight is 464 g/mol. The molecule has 0 aliphatic carbocycles. The zero-order chi connectivity index (χ0) is 24.3. The number of benzene rings is 2. The van der Waals surface area contributed by atoms with Gasteiger partial charge in [0.05, 0.1) is 36.3 Å². The van der Waals surface area contributed by atoms with E-state index in [1.165, 1.54) is 0 Å². The number of hydrogen-bond acceptors (Lipinski definition) is 5. The summed E-state index contributed by atoms with van der Waals surface area (Å²) in [6, 6.07) is 19.8. The van der Waals surface area contributed by atoms with Crippen LogP contribution in [0.5, 0.6) is 11.6 Å². The monoisotopic (exact) mass is 463 g/mol. The van der Waals surface area contributed by atoms with Crippen molar-refractivity contribution in [1.82, 2.24) is 14.7 Å². The summed E-state index contributed by atoms with van der Waals surface area (Å²) in [6.07, 6.45) is 1.88. The summed E-state index contributed by atoms with van der Waals surface area (Å²) in [5.41, 5.74) is 2.97. The number of hydrogen-bond donors (Lipinski definition) is 1. The van der Waals surface area contributed by atoms with Crippen molar-refractivity contribution in [2.24, 2.45) is 5.92 Å². The Balaban J connectivity index is 1.96. The Morgan fingerprint density at radius 2 is 1.74 bits per heavy atom. The van der Waals surface area contributed by atoms with E-state index in [-0.39, 0.29) is 6.61 Å². The Bertz CT molecular complexity index is 1000. The molecule has 3 aromatic rings. The number of para-hydroxylation sites is 2. The highest BCUT2D eigenvalue weighted by Gasteiger charge is 2.24. The summed E-state index contributed by atoms with van der Waals surface area (Å²) in [6.45, 7) is 12.8. The fourth-order valence-electron chi connectivity index (χ4n) is 3.95. The van der Waals surface area contributed by atoms with Gasteiger partial charge < -0.3 is 14.6 Å². The van der Waals surface area contributed by atoms with Gasteiger partial charge in [0.1, 0.15) is 5.75 Å². The number of rotatable bonds is 14. The van der Waals surface area contributed by atoms with E-state index in [9.17, 15) is 5.11 Å². The summed E-state index contributed by atoms with van der Waals surface area (Å²) in [5.74, 6) is 1.91. The maximum absolute atomic E-state index is 10.6. The third-order valence-electron chi connectivity index (χ3n) is 5.33.